The lowest BCUT2D eigenvalue weighted by Gasteiger charge is -2.47. The summed E-state index contributed by atoms with van der Waals surface area (Å²) in [6.07, 6.45) is 2.91. The lowest BCUT2D eigenvalue weighted by Crippen LogP contribution is -2.48. The Labute approximate surface area is 150 Å². The molecule has 1 aliphatic heterocycles. The minimum Gasteiger partial charge on any atom is -0.366 e. The Morgan fingerprint density at radius 3 is 2.68 bits per heavy atom. The van der Waals surface area contributed by atoms with E-state index in [0.717, 1.165) is 18.5 Å². The monoisotopic (exact) mass is 338 g/mol. The zero-order chi connectivity index (χ0) is 18.2. The van der Waals surface area contributed by atoms with Crippen LogP contribution in [0.15, 0.2) is 41.4 Å². The number of hydrogen-bond acceptors (Lipinski definition) is 2. The zero-order valence-corrected chi connectivity index (χ0v) is 15.8. The van der Waals surface area contributed by atoms with Crippen molar-refractivity contribution in [3.63, 3.8) is 0 Å². The molecule has 0 bridgehead atoms. The summed E-state index contributed by atoms with van der Waals surface area (Å²) < 4.78 is 13.8. The smallest absolute Gasteiger partial charge is 0.148 e. The third-order valence-corrected chi connectivity index (χ3v) is 5.28. The van der Waals surface area contributed by atoms with Crippen LogP contribution >= 0.6 is 0 Å². The first-order chi connectivity index (χ1) is 11.8. The van der Waals surface area contributed by atoms with Crippen molar-refractivity contribution in [3.05, 3.63) is 58.9 Å². The van der Waals surface area contributed by atoms with Crippen LogP contribution in [0.4, 0.5) is 15.8 Å². The van der Waals surface area contributed by atoms with Crippen molar-refractivity contribution in [2.75, 3.05) is 11.4 Å². The first kappa shape index (κ1) is 17.7. The summed E-state index contributed by atoms with van der Waals surface area (Å²) in [5, 5.41) is 0. The highest BCUT2D eigenvalue weighted by atomic mass is 19.1. The fourth-order valence-corrected chi connectivity index (χ4v) is 4.08. The van der Waals surface area contributed by atoms with Crippen LogP contribution in [0, 0.1) is 12.7 Å². The van der Waals surface area contributed by atoms with Crippen molar-refractivity contribution in [3.8, 4) is 0 Å². The maximum absolute atomic E-state index is 13.8. The molecule has 0 saturated heterocycles. The van der Waals surface area contributed by atoms with E-state index in [-0.39, 0.29) is 11.4 Å². The minimum atomic E-state index is -0.290. The predicted octanol–water partition coefficient (Wildman–Crippen LogP) is 6.00. The number of nitrogens with zero attached hydrogens (tertiary/aromatic N) is 2. The number of rotatable bonds is 3. The molecular formula is C22H27FN2. The molecular weight excluding hydrogens is 311 g/mol. The second-order valence-corrected chi connectivity index (χ2v) is 7.64. The van der Waals surface area contributed by atoms with Gasteiger partial charge in [0.15, 0.2) is 0 Å². The van der Waals surface area contributed by atoms with E-state index >= 15 is 0 Å². The van der Waals surface area contributed by atoms with E-state index in [1.54, 1.807) is 24.4 Å². The molecule has 0 amide bonds. The van der Waals surface area contributed by atoms with Crippen LogP contribution in [0.3, 0.4) is 0 Å². The fourth-order valence-electron chi connectivity index (χ4n) is 4.08. The highest BCUT2D eigenvalue weighted by Gasteiger charge is 2.35. The third kappa shape index (κ3) is 3.33. The normalized spacial score (nSPS) is 19.3. The molecule has 0 radical (unpaired) electrons. The molecule has 1 aliphatic rings. The van der Waals surface area contributed by atoms with Gasteiger partial charge in [-0.3, -0.25) is 4.99 Å². The Bertz CT molecular complexity index is 808. The summed E-state index contributed by atoms with van der Waals surface area (Å²) in [4.78, 5) is 6.86. The van der Waals surface area contributed by atoms with Gasteiger partial charge in [-0.05, 0) is 81.0 Å². The molecule has 0 N–H and O–H groups in total. The molecule has 0 spiro atoms. The van der Waals surface area contributed by atoms with Gasteiger partial charge in [0.25, 0.3) is 0 Å². The molecule has 132 valence electrons. The topological polar surface area (TPSA) is 15.6 Å². The maximum Gasteiger partial charge on any atom is 0.148 e. The Morgan fingerprint density at radius 2 is 2.00 bits per heavy atom. The van der Waals surface area contributed by atoms with E-state index in [2.05, 4.69) is 56.6 Å². The molecule has 1 heterocycles. The second-order valence-electron chi connectivity index (χ2n) is 7.64. The summed E-state index contributed by atoms with van der Waals surface area (Å²) in [5.74, 6) is 0.204. The van der Waals surface area contributed by atoms with E-state index in [1.165, 1.54) is 22.9 Å². The SMILES string of the molecule is CCN1c2cc(C)c(C=Nc3ccccc3F)cc2C(C)CC1(C)C. The van der Waals surface area contributed by atoms with Gasteiger partial charge in [-0.1, -0.05) is 19.1 Å². The number of hydrogen-bond donors (Lipinski definition) is 0. The van der Waals surface area contributed by atoms with Gasteiger partial charge >= 0.3 is 0 Å². The molecule has 3 heteroatoms. The molecule has 2 aromatic rings. The summed E-state index contributed by atoms with van der Waals surface area (Å²) in [6.45, 7) is 12.2. The van der Waals surface area contributed by atoms with Crippen molar-refractivity contribution >= 4 is 17.6 Å². The highest BCUT2D eigenvalue weighted by Crippen LogP contribution is 2.44. The molecule has 0 fully saturated rings. The number of aryl methyl sites for hydroxylation is 1. The molecule has 0 aromatic heterocycles. The van der Waals surface area contributed by atoms with Crippen molar-refractivity contribution in [1.82, 2.24) is 0 Å². The van der Waals surface area contributed by atoms with Crippen LogP contribution in [0.2, 0.25) is 0 Å². The third-order valence-electron chi connectivity index (χ3n) is 5.28. The Balaban J connectivity index is 2.02. The predicted molar refractivity (Wildman–Crippen MR) is 105 cm³/mol. The largest absolute Gasteiger partial charge is 0.366 e. The van der Waals surface area contributed by atoms with Crippen LogP contribution in [-0.4, -0.2) is 18.3 Å². The molecule has 1 unspecified atom stereocenters. The number of benzene rings is 2. The first-order valence-electron chi connectivity index (χ1n) is 9.04. The van der Waals surface area contributed by atoms with Crippen LogP contribution in [-0.2, 0) is 0 Å². The quantitative estimate of drug-likeness (QED) is 0.627. The summed E-state index contributed by atoms with van der Waals surface area (Å²) in [5.41, 5.74) is 5.46. The molecule has 2 nitrogen and oxygen atoms in total. The summed E-state index contributed by atoms with van der Waals surface area (Å²) in [6, 6.07) is 11.1. The van der Waals surface area contributed by atoms with E-state index in [4.69, 9.17) is 0 Å². The lowest BCUT2D eigenvalue weighted by atomic mass is 9.79. The van der Waals surface area contributed by atoms with Gasteiger partial charge in [0, 0.05) is 24.0 Å². The van der Waals surface area contributed by atoms with Crippen LogP contribution in [0.1, 0.15) is 56.7 Å². The van der Waals surface area contributed by atoms with Gasteiger partial charge in [0.1, 0.15) is 5.82 Å². The average Bonchev–Trinajstić information content (AvgIpc) is 2.54. The highest BCUT2D eigenvalue weighted by molar-refractivity contribution is 5.86. The molecule has 0 aliphatic carbocycles. The Hall–Kier alpha value is -2.16. The van der Waals surface area contributed by atoms with Gasteiger partial charge < -0.3 is 4.90 Å². The summed E-state index contributed by atoms with van der Waals surface area (Å²) in [7, 11) is 0. The Kier molecular flexibility index (Phi) is 4.68. The van der Waals surface area contributed by atoms with E-state index in [1.807, 2.05) is 0 Å². The first-order valence-corrected chi connectivity index (χ1v) is 9.04. The number of fused-ring (bicyclic) bond motifs is 1. The van der Waals surface area contributed by atoms with Gasteiger partial charge in [-0.25, -0.2) is 4.39 Å². The number of aliphatic imine (C=N–C) groups is 1. The average molecular weight is 338 g/mol. The van der Waals surface area contributed by atoms with Crippen molar-refractivity contribution in [2.24, 2.45) is 4.99 Å². The number of anilines is 1. The van der Waals surface area contributed by atoms with Gasteiger partial charge in [-0.15, -0.1) is 0 Å². The van der Waals surface area contributed by atoms with Crippen LogP contribution in [0.25, 0.3) is 0 Å². The van der Waals surface area contributed by atoms with Gasteiger partial charge in [0.05, 0.1) is 5.69 Å². The molecule has 0 saturated carbocycles. The van der Waals surface area contributed by atoms with Gasteiger partial charge in [0.2, 0.25) is 0 Å². The van der Waals surface area contributed by atoms with Crippen LogP contribution in [0.5, 0.6) is 0 Å². The summed E-state index contributed by atoms with van der Waals surface area (Å²) >= 11 is 0. The van der Waals surface area contributed by atoms with Gasteiger partial charge in [-0.2, -0.15) is 0 Å². The van der Waals surface area contributed by atoms with Crippen LogP contribution < -0.4 is 4.90 Å². The van der Waals surface area contributed by atoms with Crippen molar-refractivity contribution in [1.29, 1.82) is 0 Å². The lowest BCUT2D eigenvalue weighted by molar-refractivity contribution is 0.381. The van der Waals surface area contributed by atoms with E-state index < -0.39 is 0 Å². The maximum atomic E-state index is 13.8. The number of halogens is 1. The molecule has 2 aromatic carbocycles. The van der Waals surface area contributed by atoms with E-state index in [0.29, 0.717) is 11.6 Å². The van der Waals surface area contributed by atoms with Crippen molar-refractivity contribution < 1.29 is 4.39 Å². The fraction of sp³-hybridized carbons (Fsp3) is 0.409. The molecule has 25 heavy (non-hydrogen) atoms. The Morgan fingerprint density at radius 1 is 1.28 bits per heavy atom. The zero-order valence-electron chi connectivity index (χ0n) is 15.8. The minimum absolute atomic E-state index is 0.163. The number of para-hydroxylation sites is 1. The van der Waals surface area contributed by atoms with E-state index in [9.17, 15) is 4.39 Å². The standard InChI is InChI=1S/C22H27FN2/c1-6-25-21-11-15(2)17(12-18(21)16(3)13-22(25,4)5)14-24-20-10-8-7-9-19(20)23/h7-12,14,16H,6,13H2,1-5H3. The molecule has 3 rings (SSSR count). The second kappa shape index (κ2) is 6.62. The van der Waals surface area contributed by atoms with Crippen molar-refractivity contribution in [2.45, 2.75) is 52.5 Å². The molecule has 1 atom stereocenters.